The molecule has 0 unspecified atom stereocenters. The number of aliphatic hydroxyl groups excluding tert-OH is 1. The van der Waals surface area contributed by atoms with E-state index in [0.717, 1.165) is 5.56 Å². The summed E-state index contributed by atoms with van der Waals surface area (Å²) in [5, 5.41) is 10.2. The highest BCUT2D eigenvalue weighted by atomic mass is 19.3. The number of alkyl halides is 4. The van der Waals surface area contributed by atoms with E-state index in [2.05, 4.69) is 19.9 Å². The van der Waals surface area contributed by atoms with Crippen LogP contribution in [0.3, 0.4) is 0 Å². The quantitative estimate of drug-likeness (QED) is 0.300. The van der Waals surface area contributed by atoms with E-state index in [1.165, 1.54) is 18.5 Å². The van der Waals surface area contributed by atoms with Crippen molar-refractivity contribution in [3.05, 3.63) is 59.8 Å². The Morgan fingerprint density at radius 2 is 1.90 bits per heavy atom. The van der Waals surface area contributed by atoms with Gasteiger partial charge in [0.2, 0.25) is 0 Å². The van der Waals surface area contributed by atoms with E-state index in [1.807, 2.05) is 11.0 Å². The third kappa shape index (κ3) is 5.11. The van der Waals surface area contributed by atoms with Gasteiger partial charge in [-0.3, -0.25) is 4.98 Å². The Bertz CT molecular complexity index is 1500. The van der Waals surface area contributed by atoms with Gasteiger partial charge < -0.3 is 26.0 Å². The maximum Gasteiger partial charge on any atom is 0.265 e. The first-order valence-electron chi connectivity index (χ1n) is 12.4. The standard InChI is InChI=1S/C26H28F4N8O/c1-14-7-15(22(27)28)3-4-17(14)18-8-16(10-38-13-36-20-24(31)34-12-35-25(20)38)19(9-33-18)37-6-2-5-26(32,11-37)21(39)23(29)30/h3-4,7-9,12-13,21-23,39H,2,5-6,10-11,32H2,1H3,(H2,31,34,35)/t21-,26+/m0/s1. The molecule has 9 nitrogen and oxygen atoms in total. The van der Waals surface area contributed by atoms with Gasteiger partial charge in [0.1, 0.15) is 17.9 Å². The monoisotopic (exact) mass is 544 g/mol. The third-order valence-corrected chi connectivity index (χ3v) is 7.24. The van der Waals surface area contributed by atoms with Crippen LogP contribution >= 0.6 is 0 Å². The van der Waals surface area contributed by atoms with Crippen LogP contribution in [0, 0.1) is 6.92 Å². The molecule has 0 saturated carbocycles. The van der Waals surface area contributed by atoms with Gasteiger partial charge in [0.05, 0.1) is 36.0 Å². The van der Waals surface area contributed by atoms with Gasteiger partial charge >= 0.3 is 0 Å². The van der Waals surface area contributed by atoms with Crippen molar-refractivity contribution in [1.82, 2.24) is 24.5 Å². The van der Waals surface area contributed by atoms with Gasteiger partial charge in [-0.2, -0.15) is 0 Å². The van der Waals surface area contributed by atoms with E-state index in [0.29, 0.717) is 46.6 Å². The Labute approximate surface area is 221 Å². The summed E-state index contributed by atoms with van der Waals surface area (Å²) in [6.45, 7) is 2.51. The second-order valence-electron chi connectivity index (χ2n) is 9.91. The molecule has 5 N–H and O–H groups in total. The summed E-state index contributed by atoms with van der Waals surface area (Å²) in [4.78, 5) is 19.0. The molecule has 206 valence electrons. The SMILES string of the molecule is Cc1cc(C(F)F)ccc1-c1cc(Cn2cnc3c(N)ncnc32)c(N2CCC[C@](N)([C@@H](O)C(F)F)C2)cn1. The van der Waals surface area contributed by atoms with E-state index >= 15 is 0 Å². The third-order valence-electron chi connectivity index (χ3n) is 7.24. The molecule has 1 aromatic carbocycles. The second-order valence-corrected chi connectivity index (χ2v) is 9.91. The number of benzene rings is 1. The summed E-state index contributed by atoms with van der Waals surface area (Å²) >= 11 is 0. The average molecular weight is 545 g/mol. The Balaban J connectivity index is 1.58. The zero-order valence-corrected chi connectivity index (χ0v) is 21.1. The Hall–Kier alpha value is -3.84. The summed E-state index contributed by atoms with van der Waals surface area (Å²) < 4.78 is 55.0. The molecule has 1 aliphatic rings. The normalized spacial score (nSPS) is 18.8. The fraction of sp³-hybridized carbons (Fsp3) is 0.385. The highest BCUT2D eigenvalue weighted by molar-refractivity contribution is 5.81. The van der Waals surface area contributed by atoms with Crippen molar-refractivity contribution in [3.63, 3.8) is 0 Å². The van der Waals surface area contributed by atoms with Crippen LogP contribution in [0.15, 0.2) is 43.1 Å². The number of hydrogen-bond donors (Lipinski definition) is 3. The number of nitrogen functional groups attached to an aromatic ring is 1. The van der Waals surface area contributed by atoms with Crippen molar-refractivity contribution in [3.8, 4) is 11.3 Å². The van der Waals surface area contributed by atoms with Gasteiger partial charge in [0, 0.05) is 24.2 Å². The molecule has 1 fully saturated rings. The Morgan fingerprint density at radius 1 is 1.10 bits per heavy atom. The van der Waals surface area contributed by atoms with Crippen molar-refractivity contribution in [2.75, 3.05) is 23.7 Å². The van der Waals surface area contributed by atoms with Crippen LogP contribution in [0.2, 0.25) is 0 Å². The van der Waals surface area contributed by atoms with Crippen molar-refractivity contribution >= 4 is 22.7 Å². The molecule has 13 heteroatoms. The van der Waals surface area contributed by atoms with E-state index in [4.69, 9.17) is 11.5 Å². The molecule has 0 amide bonds. The summed E-state index contributed by atoms with van der Waals surface area (Å²) in [6.07, 6.45) is -2.28. The molecule has 3 aromatic heterocycles. The number of hydrogen-bond acceptors (Lipinski definition) is 8. The van der Waals surface area contributed by atoms with Gasteiger partial charge in [0.25, 0.3) is 12.9 Å². The predicted molar refractivity (Wildman–Crippen MR) is 139 cm³/mol. The van der Waals surface area contributed by atoms with Crippen molar-refractivity contribution in [1.29, 1.82) is 0 Å². The smallest absolute Gasteiger partial charge is 0.265 e. The Kier molecular flexibility index (Phi) is 7.12. The molecule has 0 radical (unpaired) electrons. The topological polar surface area (TPSA) is 132 Å². The van der Waals surface area contributed by atoms with Crippen LogP contribution in [0.1, 0.15) is 36.0 Å². The van der Waals surface area contributed by atoms with E-state index in [9.17, 15) is 22.7 Å². The zero-order valence-electron chi connectivity index (χ0n) is 21.1. The molecular formula is C26H28F4N8O. The largest absolute Gasteiger partial charge is 0.385 e. The minimum Gasteiger partial charge on any atom is -0.385 e. The lowest BCUT2D eigenvalue weighted by atomic mass is 9.84. The fourth-order valence-corrected chi connectivity index (χ4v) is 5.17. The van der Waals surface area contributed by atoms with Crippen LogP contribution in [0.5, 0.6) is 0 Å². The van der Waals surface area contributed by atoms with Crippen LogP contribution in [-0.4, -0.2) is 60.8 Å². The number of nitrogens with two attached hydrogens (primary N) is 2. The molecular weight excluding hydrogens is 516 g/mol. The van der Waals surface area contributed by atoms with Crippen LogP contribution in [0.25, 0.3) is 22.4 Å². The summed E-state index contributed by atoms with van der Waals surface area (Å²) in [6, 6.07) is 6.22. The van der Waals surface area contributed by atoms with E-state index in [1.54, 1.807) is 30.1 Å². The van der Waals surface area contributed by atoms with Gasteiger partial charge in [-0.05, 0) is 43.0 Å². The molecule has 39 heavy (non-hydrogen) atoms. The number of piperidine rings is 1. The number of halogens is 4. The molecule has 5 rings (SSSR count). The molecule has 4 aromatic rings. The maximum atomic E-state index is 13.4. The summed E-state index contributed by atoms with van der Waals surface area (Å²) in [5.41, 5.74) is 14.8. The second kappa shape index (κ2) is 10.4. The van der Waals surface area contributed by atoms with Crippen molar-refractivity contribution in [2.45, 2.75) is 50.8 Å². The molecule has 2 atom stereocenters. The fourth-order valence-electron chi connectivity index (χ4n) is 5.17. The number of fused-ring (bicyclic) bond motifs is 1. The number of rotatable bonds is 7. The number of aromatic nitrogens is 5. The summed E-state index contributed by atoms with van der Waals surface area (Å²) in [7, 11) is 0. The molecule has 0 spiro atoms. The molecule has 0 aliphatic carbocycles. The lowest BCUT2D eigenvalue weighted by molar-refractivity contribution is -0.0529. The molecule has 1 aliphatic heterocycles. The minimum absolute atomic E-state index is 0.00551. The number of imidazole rings is 1. The van der Waals surface area contributed by atoms with Crippen LogP contribution in [-0.2, 0) is 6.54 Å². The molecule has 0 bridgehead atoms. The number of pyridine rings is 1. The zero-order chi connectivity index (χ0) is 27.9. The van der Waals surface area contributed by atoms with Crippen LogP contribution < -0.4 is 16.4 Å². The van der Waals surface area contributed by atoms with E-state index < -0.39 is 24.5 Å². The number of anilines is 2. The first-order chi connectivity index (χ1) is 18.6. The number of nitrogens with zero attached hydrogens (tertiary/aromatic N) is 6. The number of aryl methyl sites for hydroxylation is 1. The highest BCUT2D eigenvalue weighted by Gasteiger charge is 2.43. The highest BCUT2D eigenvalue weighted by Crippen LogP contribution is 2.34. The van der Waals surface area contributed by atoms with Crippen LogP contribution in [0.4, 0.5) is 29.1 Å². The first kappa shape index (κ1) is 26.8. The van der Waals surface area contributed by atoms with Gasteiger partial charge in [-0.25, -0.2) is 32.5 Å². The maximum absolute atomic E-state index is 13.4. The average Bonchev–Trinajstić information content (AvgIpc) is 3.32. The lowest BCUT2D eigenvalue weighted by Gasteiger charge is -2.44. The Morgan fingerprint density at radius 3 is 2.62 bits per heavy atom. The van der Waals surface area contributed by atoms with Gasteiger partial charge in [-0.15, -0.1) is 0 Å². The summed E-state index contributed by atoms with van der Waals surface area (Å²) in [5.74, 6) is 0.231. The van der Waals surface area contributed by atoms with Gasteiger partial charge in [-0.1, -0.05) is 12.1 Å². The minimum atomic E-state index is -2.98. The molecule has 4 heterocycles. The van der Waals surface area contributed by atoms with Crippen molar-refractivity contribution < 1.29 is 22.7 Å². The van der Waals surface area contributed by atoms with Crippen molar-refractivity contribution in [2.24, 2.45) is 5.73 Å². The first-order valence-corrected chi connectivity index (χ1v) is 12.4. The van der Waals surface area contributed by atoms with Gasteiger partial charge in [0.15, 0.2) is 11.5 Å². The van der Waals surface area contributed by atoms with E-state index in [-0.39, 0.29) is 30.9 Å². The molecule has 1 saturated heterocycles. The predicted octanol–water partition coefficient (Wildman–Crippen LogP) is 3.69. The number of aliphatic hydroxyl groups is 1. The lowest BCUT2D eigenvalue weighted by Crippen LogP contribution is -2.63.